The van der Waals surface area contributed by atoms with Gasteiger partial charge in [0.25, 0.3) is 5.91 Å². The van der Waals surface area contributed by atoms with Crippen molar-refractivity contribution in [2.75, 3.05) is 44.2 Å². The number of nitrogens with one attached hydrogen (secondary N) is 1. The molecule has 0 saturated carbocycles. The number of nitrogens with zero attached hydrogens (tertiary/aromatic N) is 1. The summed E-state index contributed by atoms with van der Waals surface area (Å²) in [6.07, 6.45) is 0.450. The second-order valence-corrected chi connectivity index (χ2v) is 10.2. The number of methoxy groups -OCH3 is 1. The zero-order chi connectivity index (χ0) is 29.7. The van der Waals surface area contributed by atoms with E-state index in [1.807, 2.05) is 39.0 Å². The molecular formula is C31H35FN2O7. The van der Waals surface area contributed by atoms with E-state index in [9.17, 15) is 14.0 Å². The molecule has 3 aromatic rings. The third-order valence-electron chi connectivity index (χ3n) is 6.84. The summed E-state index contributed by atoms with van der Waals surface area (Å²) in [5.41, 5.74) is 3.68. The van der Waals surface area contributed by atoms with Gasteiger partial charge in [0, 0.05) is 36.7 Å². The summed E-state index contributed by atoms with van der Waals surface area (Å²) in [5.74, 6) is 0.314. The number of benzene rings is 3. The number of fused-ring (bicyclic) bond motifs is 1. The highest BCUT2D eigenvalue weighted by Crippen LogP contribution is 2.45. The largest absolute Gasteiger partial charge is 0.496 e. The van der Waals surface area contributed by atoms with Gasteiger partial charge in [-0.25, -0.2) is 9.18 Å². The quantitative estimate of drug-likeness (QED) is 0.250. The van der Waals surface area contributed by atoms with Gasteiger partial charge in [0.2, 0.25) is 0 Å². The van der Waals surface area contributed by atoms with Crippen LogP contribution >= 0.6 is 0 Å². The Kier molecular flexibility index (Phi) is 9.02. The Balaban J connectivity index is 1.69. The van der Waals surface area contributed by atoms with Gasteiger partial charge in [0.05, 0.1) is 31.7 Å². The lowest BCUT2D eigenvalue weighted by atomic mass is 9.91. The zero-order valence-electron chi connectivity index (χ0n) is 23.9. The van der Waals surface area contributed by atoms with Crippen LogP contribution in [0.15, 0.2) is 48.5 Å². The molecule has 1 aliphatic heterocycles. The minimum atomic E-state index is -0.798. The minimum Gasteiger partial charge on any atom is -0.496 e. The fourth-order valence-electron chi connectivity index (χ4n) is 4.77. The number of aryl methyl sites for hydroxylation is 1. The molecule has 0 unspecified atom stereocenters. The van der Waals surface area contributed by atoms with Crippen LogP contribution < -0.4 is 24.4 Å². The van der Waals surface area contributed by atoms with E-state index in [2.05, 4.69) is 5.32 Å². The Morgan fingerprint density at radius 1 is 1.02 bits per heavy atom. The fourth-order valence-corrected chi connectivity index (χ4v) is 4.77. The van der Waals surface area contributed by atoms with Crippen molar-refractivity contribution in [1.82, 2.24) is 0 Å². The first kappa shape index (κ1) is 29.7. The number of carbonyl (C=O) groups is 2. The number of aliphatic hydroxyl groups excluding tert-OH is 1. The first-order valence-corrected chi connectivity index (χ1v) is 13.2. The normalized spacial score (nSPS) is 13.7. The van der Waals surface area contributed by atoms with E-state index >= 15 is 0 Å². The summed E-state index contributed by atoms with van der Waals surface area (Å²) in [4.78, 5) is 25.9. The number of esters is 1. The second-order valence-electron chi connectivity index (χ2n) is 10.2. The van der Waals surface area contributed by atoms with Crippen LogP contribution in [0.4, 0.5) is 15.8 Å². The van der Waals surface area contributed by atoms with Gasteiger partial charge >= 0.3 is 5.97 Å². The predicted octanol–water partition coefficient (Wildman–Crippen LogP) is 4.86. The maximum absolute atomic E-state index is 14.0. The number of amides is 1. The van der Waals surface area contributed by atoms with Crippen LogP contribution in [0.5, 0.6) is 17.2 Å². The number of hydrogen-bond donors (Lipinski definition) is 2. The van der Waals surface area contributed by atoms with Crippen molar-refractivity contribution in [3.05, 3.63) is 65.5 Å². The molecule has 0 atom stereocenters. The van der Waals surface area contributed by atoms with E-state index < -0.39 is 23.9 Å². The van der Waals surface area contributed by atoms with Gasteiger partial charge in [-0.3, -0.25) is 4.79 Å². The molecule has 9 nitrogen and oxygen atoms in total. The van der Waals surface area contributed by atoms with E-state index in [1.165, 1.54) is 12.1 Å². The fraction of sp³-hybridized carbons (Fsp3) is 0.355. The molecule has 0 aromatic heterocycles. The van der Waals surface area contributed by atoms with E-state index in [4.69, 9.17) is 24.1 Å². The summed E-state index contributed by atoms with van der Waals surface area (Å²) in [7, 11) is 3.29. The molecule has 0 radical (unpaired) electrons. The Labute approximate surface area is 238 Å². The summed E-state index contributed by atoms with van der Waals surface area (Å²) < 4.78 is 36.5. The van der Waals surface area contributed by atoms with Gasteiger partial charge in [-0.2, -0.15) is 0 Å². The van der Waals surface area contributed by atoms with Crippen LogP contribution in [0, 0.1) is 12.7 Å². The maximum Gasteiger partial charge on any atom is 0.331 e. The van der Waals surface area contributed by atoms with Crippen molar-refractivity contribution >= 4 is 23.3 Å². The number of ether oxygens (including phenoxy) is 4. The van der Waals surface area contributed by atoms with Crippen molar-refractivity contribution in [2.24, 2.45) is 0 Å². The molecule has 0 spiro atoms. The third kappa shape index (κ3) is 6.54. The monoisotopic (exact) mass is 566 g/mol. The molecule has 3 aromatic carbocycles. The van der Waals surface area contributed by atoms with Crippen molar-refractivity contribution in [3.63, 3.8) is 0 Å². The Hall–Kier alpha value is -4.31. The molecular weight excluding hydrogens is 531 g/mol. The smallest absolute Gasteiger partial charge is 0.331 e. The highest BCUT2D eigenvalue weighted by molar-refractivity contribution is 6.08. The van der Waals surface area contributed by atoms with Crippen LogP contribution in [-0.2, 0) is 20.9 Å². The minimum absolute atomic E-state index is 0.0660. The molecule has 0 aliphatic carbocycles. The third-order valence-corrected chi connectivity index (χ3v) is 6.84. The van der Waals surface area contributed by atoms with Gasteiger partial charge < -0.3 is 34.3 Å². The van der Waals surface area contributed by atoms with Crippen LogP contribution in [0.3, 0.4) is 0 Å². The van der Waals surface area contributed by atoms with Gasteiger partial charge in [-0.05, 0) is 56.2 Å². The topological polar surface area (TPSA) is 107 Å². The highest BCUT2D eigenvalue weighted by Gasteiger charge is 2.38. The van der Waals surface area contributed by atoms with Crippen LogP contribution in [0.1, 0.15) is 31.4 Å². The lowest BCUT2D eigenvalue weighted by Gasteiger charge is -2.39. The Morgan fingerprint density at radius 3 is 2.51 bits per heavy atom. The van der Waals surface area contributed by atoms with E-state index in [0.29, 0.717) is 36.0 Å². The average molecular weight is 567 g/mol. The molecule has 1 heterocycles. The molecule has 0 bridgehead atoms. The Morgan fingerprint density at radius 2 is 1.78 bits per heavy atom. The number of aliphatic hydroxyl groups is 1. The zero-order valence-corrected chi connectivity index (χ0v) is 23.9. The molecule has 2 N–H and O–H groups in total. The van der Waals surface area contributed by atoms with E-state index in [1.54, 1.807) is 37.3 Å². The first-order valence-electron chi connectivity index (χ1n) is 13.2. The molecule has 41 heavy (non-hydrogen) atoms. The van der Waals surface area contributed by atoms with Crippen LogP contribution in [-0.4, -0.2) is 56.5 Å². The Bertz CT molecular complexity index is 1440. The molecule has 1 aliphatic rings. The van der Waals surface area contributed by atoms with Gasteiger partial charge in [-0.1, -0.05) is 12.1 Å². The molecule has 0 saturated heterocycles. The molecule has 4 rings (SSSR count). The van der Waals surface area contributed by atoms with Gasteiger partial charge in [-0.15, -0.1) is 0 Å². The summed E-state index contributed by atoms with van der Waals surface area (Å²) in [6.45, 7) is 5.33. The van der Waals surface area contributed by atoms with Gasteiger partial charge in [0.1, 0.15) is 41.8 Å². The second kappa shape index (κ2) is 12.5. The number of anilines is 2. The summed E-state index contributed by atoms with van der Waals surface area (Å²) in [5, 5.41) is 12.1. The van der Waals surface area contributed by atoms with Gasteiger partial charge in [0.15, 0.2) is 0 Å². The number of hydrogen-bond acceptors (Lipinski definition) is 8. The number of halogens is 1. The van der Waals surface area contributed by atoms with Crippen molar-refractivity contribution in [3.8, 4) is 28.4 Å². The molecule has 1 amide bonds. The SMILES string of the molecule is COc1cc(OCCCOC(=O)CO)ccc1-c1ccc2c(c1COc1cc(F)ccc1C)N(C)C(=O)C(C)(C)N2. The van der Waals surface area contributed by atoms with Crippen molar-refractivity contribution < 1.29 is 38.0 Å². The van der Waals surface area contributed by atoms with Crippen molar-refractivity contribution in [2.45, 2.75) is 39.3 Å². The van der Waals surface area contributed by atoms with E-state index in [0.717, 1.165) is 27.9 Å². The van der Waals surface area contributed by atoms with Crippen molar-refractivity contribution in [1.29, 1.82) is 0 Å². The molecule has 218 valence electrons. The number of carbonyl (C=O) groups excluding carboxylic acids is 2. The lowest BCUT2D eigenvalue weighted by Crippen LogP contribution is -2.52. The summed E-state index contributed by atoms with van der Waals surface area (Å²) in [6, 6.07) is 13.7. The highest BCUT2D eigenvalue weighted by atomic mass is 19.1. The standard InChI is InChI=1S/C31H35FN2O7/c1-19-7-8-20(32)15-26(19)41-18-24-22(11-12-25-29(24)34(4)30(37)31(2,3)33-25)23-10-9-21(16-27(23)38-5)39-13-6-14-40-28(36)17-35/h7-12,15-16,33,35H,6,13-14,17-18H2,1-5H3. The average Bonchev–Trinajstić information content (AvgIpc) is 2.95. The maximum atomic E-state index is 14.0. The number of rotatable bonds is 11. The van der Waals surface area contributed by atoms with Crippen LogP contribution in [0.2, 0.25) is 0 Å². The lowest BCUT2D eigenvalue weighted by molar-refractivity contribution is -0.147. The first-order chi connectivity index (χ1) is 19.6. The molecule has 10 heteroatoms. The van der Waals surface area contributed by atoms with E-state index in [-0.39, 0.29) is 19.1 Å². The predicted molar refractivity (Wildman–Crippen MR) is 153 cm³/mol. The molecule has 0 fully saturated rings. The summed E-state index contributed by atoms with van der Waals surface area (Å²) >= 11 is 0. The number of likely N-dealkylation sites (N-methyl/N-ethyl adjacent to an activating group) is 1. The van der Waals surface area contributed by atoms with Crippen LogP contribution in [0.25, 0.3) is 11.1 Å².